The molecule has 0 aliphatic carbocycles. The molecule has 8 heteroatoms. The van der Waals surface area contributed by atoms with Crippen molar-refractivity contribution in [1.82, 2.24) is 9.97 Å². The molecule has 1 aromatic heterocycles. The van der Waals surface area contributed by atoms with Gasteiger partial charge in [-0.25, -0.2) is 4.98 Å². The Morgan fingerprint density at radius 2 is 1.54 bits per heavy atom. The lowest BCUT2D eigenvalue weighted by Crippen LogP contribution is -2.41. The molecule has 0 saturated carbocycles. The Hall–Kier alpha value is -1.80. The summed E-state index contributed by atoms with van der Waals surface area (Å²) < 4.78 is 49.8. The number of hydrogen-bond acceptors (Lipinski definition) is 3. The number of aromatic amines is 1. The maximum atomic E-state index is 12.6. The van der Waals surface area contributed by atoms with Gasteiger partial charge in [-0.3, -0.25) is 0 Å². The van der Waals surface area contributed by atoms with Crippen LogP contribution in [-0.2, 0) is 15.5 Å². The number of aromatic nitrogens is 2. The highest BCUT2D eigenvalue weighted by molar-refractivity contribution is 6.62. The van der Waals surface area contributed by atoms with Crippen LogP contribution in [0.15, 0.2) is 30.5 Å². The first-order chi connectivity index (χ1) is 11.0. The summed E-state index contributed by atoms with van der Waals surface area (Å²) in [5.74, 6) is 0.169. The number of hydrogen-bond donors (Lipinski definition) is 1. The van der Waals surface area contributed by atoms with E-state index >= 15 is 0 Å². The van der Waals surface area contributed by atoms with Gasteiger partial charge in [0.15, 0.2) is 0 Å². The lowest BCUT2D eigenvalue weighted by atomic mass is 9.79. The van der Waals surface area contributed by atoms with Crippen molar-refractivity contribution in [3.8, 4) is 11.4 Å². The van der Waals surface area contributed by atoms with E-state index in [1.807, 2.05) is 27.7 Å². The van der Waals surface area contributed by atoms with E-state index in [4.69, 9.17) is 9.31 Å². The van der Waals surface area contributed by atoms with E-state index in [0.29, 0.717) is 5.56 Å². The summed E-state index contributed by atoms with van der Waals surface area (Å²) in [4.78, 5) is 6.07. The minimum Gasteiger partial charge on any atom is -0.399 e. The Balaban J connectivity index is 1.81. The van der Waals surface area contributed by atoms with E-state index in [2.05, 4.69) is 9.97 Å². The lowest BCUT2D eigenvalue weighted by Gasteiger charge is -2.32. The molecule has 24 heavy (non-hydrogen) atoms. The summed E-state index contributed by atoms with van der Waals surface area (Å²) in [7, 11) is -0.508. The van der Waals surface area contributed by atoms with Crippen molar-refractivity contribution in [3.63, 3.8) is 0 Å². The summed E-state index contributed by atoms with van der Waals surface area (Å²) in [6.07, 6.45) is -3.65. The van der Waals surface area contributed by atoms with Gasteiger partial charge in [-0.1, -0.05) is 24.3 Å². The van der Waals surface area contributed by atoms with Crippen molar-refractivity contribution in [3.05, 3.63) is 36.2 Å². The Morgan fingerprint density at radius 3 is 2.00 bits per heavy atom. The normalized spacial score (nSPS) is 19.7. The third-order valence-electron chi connectivity index (χ3n) is 4.59. The Kier molecular flexibility index (Phi) is 3.80. The van der Waals surface area contributed by atoms with Crippen LogP contribution in [-0.4, -0.2) is 28.3 Å². The number of nitrogens with one attached hydrogen (secondary N) is 1. The maximum Gasteiger partial charge on any atom is 0.494 e. The summed E-state index contributed by atoms with van der Waals surface area (Å²) in [5.41, 5.74) is -0.393. The minimum absolute atomic E-state index is 0.169. The fourth-order valence-corrected chi connectivity index (χ4v) is 2.39. The Labute approximate surface area is 138 Å². The molecule has 1 aliphatic rings. The second kappa shape index (κ2) is 5.36. The molecule has 128 valence electrons. The highest BCUT2D eigenvalue weighted by Gasteiger charge is 2.51. The van der Waals surface area contributed by atoms with E-state index in [9.17, 15) is 13.2 Å². The summed E-state index contributed by atoms with van der Waals surface area (Å²) >= 11 is 0. The fraction of sp³-hybridized carbons (Fsp3) is 0.438. The lowest BCUT2D eigenvalue weighted by molar-refractivity contribution is -0.140. The zero-order valence-electron chi connectivity index (χ0n) is 13.9. The zero-order valence-corrected chi connectivity index (χ0v) is 13.9. The van der Waals surface area contributed by atoms with Crippen molar-refractivity contribution in [2.24, 2.45) is 0 Å². The molecule has 0 bridgehead atoms. The van der Waals surface area contributed by atoms with Crippen LogP contribution >= 0.6 is 0 Å². The fourth-order valence-electron chi connectivity index (χ4n) is 2.39. The van der Waals surface area contributed by atoms with Crippen LogP contribution in [0.5, 0.6) is 0 Å². The molecule has 1 aliphatic heterocycles. The average molecular weight is 338 g/mol. The van der Waals surface area contributed by atoms with Crippen LogP contribution in [0.1, 0.15) is 33.4 Å². The number of H-pyrrole nitrogens is 1. The van der Waals surface area contributed by atoms with Crippen LogP contribution in [0, 0.1) is 0 Å². The molecule has 1 saturated heterocycles. The molecule has 2 aromatic rings. The van der Waals surface area contributed by atoms with Gasteiger partial charge < -0.3 is 14.3 Å². The summed E-state index contributed by atoms with van der Waals surface area (Å²) in [5, 5.41) is 0. The first-order valence-electron chi connectivity index (χ1n) is 7.58. The number of rotatable bonds is 2. The van der Waals surface area contributed by atoms with Crippen LogP contribution in [0.4, 0.5) is 13.2 Å². The molecule has 2 heterocycles. The molecule has 0 amide bonds. The first kappa shape index (κ1) is 17.0. The number of halogens is 3. The maximum absolute atomic E-state index is 12.6. The topological polar surface area (TPSA) is 47.1 Å². The molecular weight excluding hydrogens is 320 g/mol. The Bertz CT molecular complexity index is 723. The van der Waals surface area contributed by atoms with E-state index in [0.717, 1.165) is 11.7 Å². The highest BCUT2D eigenvalue weighted by atomic mass is 19.4. The van der Waals surface area contributed by atoms with Gasteiger partial charge in [0.05, 0.1) is 17.4 Å². The van der Waals surface area contributed by atoms with E-state index < -0.39 is 30.2 Å². The van der Waals surface area contributed by atoms with Gasteiger partial charge in [-0.05, 0) is 33.2 Å². The van der Waals surface area contributed by atoms with Crippen molar-refractivity contribution in [2.45, 2.75) is 45.1 Å². The van der Waals surface area contributed by atoms with E-state index in [1.54, 1.807) is 24.3 Å². The van der Waals surface area contributed by atoms with Gasteiger partial charge in [0.2, 0.25) is 0 Å². The van der Waals surface area contributed by atoms with Crippen LogP contribution in [0.3, 0.4) is 0 Å². The number of nitrogens with zero attached hydrogens (tertiary/aromatic N) is 1. The van der Waals surface area contributed by atoms with Gasteiger partial charge in [-0.15, -0.1) is 0 Å². The first-order valence-corrected chi connectivity index (χ1v) is 7.58. The SMILES string of the molecule is CC1(C)OB(c2ccc(-c3ncc(C(F)(F)F)[nH]3)cc2)OC1(C)C. The van der Waals surface area contributed by atoms with Crippen molar-refractivity contribution < 1.29 is 22.5 Å². The van der Waals surface area contributed by atoms with Crippen LogP contribution in [0.25, 0.3) is 11.4 Å². The highest BCUT2D eigenvalue weighted by Crippen LogP contribution is 2.36. The molecule has 1 fully saturated rings. The van der Waals surface area contributed by atoms with Crippen molar-refractivity contribution >= 4 is 12.6 Å². The third kappa shape index (κ3) is 2.96. The number of benzene rings is 1. The van der Waals surface area contributed by atoms with Gasteiger partial charge in [0, 0.05) is 5.56 Å². The zero-order chi connectivity index (χ0) is 17.8. The second-order valence-corrected chi connectivity index (χ2v) is 6.85. The quantitative estimate of drug-likeness (QED) is 0.854. The number of alkyl halides is 3. The predicted octanol–water partition coefficient (Wildman–Crippen LogP) is 3.39. The van der Waals surface area contributed by atoms with Crippen molar-refractivity contribution in [2.75, 3.05) is 0 Å². The van der Waals surface area contributed by atoms with Crippen molar-refractivity contribution in [1.29, 1.82) is 0 Å². The molecule has 1 N–H and O–H groups in total. The summed E-state index contributed by atoms with van der Waals surface area (Å²) in [6, 6.07) is 6.93. The summed E-state index contributed by atoms with van der Waals surface area (Å²) in [6.45, 7) is 7.84. The van der Waals surface area contributed by atoms with Gasteiger partial charge in [-0.2, -0.15) is 13.2 Å². The molecule has 0 unspecified atom stereocenters. The van der Waals surface area contributed by atoms with Gasteiger partial charge in [0.1, 0.15) is 11.5 Å². The van der Waals surface area contributed by atoms with Crippen LogP contribution in [0.2, 0.25) is 0 Å². The molecule has 4 nitrogen and oxygen atoms in total. The molecule has 3 rings (SSSR count). The molecule has 0 spiro atoms. The van der Waals surface area contributed by atoms with E-state index in [-0.39, 0.29) is 5.82 Å². The number of imidazole rings is 1. The second-order valence-electron chi connectivity index (χ2n) is 6.85. The predicted molar refractivity (Wildman–Crippen MR) is 84.7 cm³/mol. The Morgan fingerprint density at radius 1 is 1.00 bits per heavy atom. The van der Waals surface area contributed by atoms with E-state index in [1.165, 1.54) is 0 Å². The average Bonchev–Trinajstić information content (AvgIpc) is 3.02. The van der Waals surface area contributed by atoms with Gasteiger partial charge >= 0.3 is 13.3 Å². The monoisotopic (exact) mass is 338 g/mol. The largest absolute Gasteiger partial charge is 0.494 e. The smallest absolute Gasteiger partial charge is 0.399 e. The minimum atomic E-state index is -4.44. The van der Waals surface area contributed by atoms with Crippen LogP contribution < -0.4 is 5.46 Å². The molecule has 1 aromatic carbocycles. The molecule has 0 atom stereocenters. The standard InChI is InChI=1S/C16H18BF3N2O2/c1-14(2)15(3,4)24-17(23-14)11-7-5-10(6-8-11)13-21-9-12(22-13)16(18,19)20/h5-9H,1-4H3,(H,21,22). The molecular formula is C16H18BF3N2O2. The van der Waals surface area contributed by atoms with Gasteiger partial charge in [0.25, 0.3) is 0 Å². The molecule has 0 radical (unpaired) electrons. The third-order valence-corrected chi connectivity index (χ3v) is 4.59.